The zero-order valence-corrected chi connectivity index (χ0v) is 9.09. The van der Waals surface area contributed by atoms with Crippen LogP contribution >= 0.6 is 0 Å². The van der Waals surface area contributed by atoms with Crippen molar-refractivity contribution in [3.63, 3.8) is 0 Å². The highest BCUT2D eigenvalue weighted by molar-refractivity contribution is 6.08. The van der Waals surface area contributed by atoms with Crippen LogP contribution in [0.3, 0.4) is 0 Å². The van der Waals surface area contributed by atoms with Crippen LogP contribution in [0, 0.1) is 0 Å². The number of hydrogen-bond donors (Lipinski definition) is 0. The van der Waals surface area contributed by atoms with Gasteiger partial charge in [-0.05, 0) is 24.6 Å². The number of aliphatic imine (C=N–C) groups is 1. The van der Waals surface area contributed by atoms with Crippen molar-refractivity contribution < 1.29 is 9.53 Å². The van der Waals surface area contributed by atoms with E-state index in [1.54, 1.807) is 6.21 Å². The van der Waals surface area contributed by atoms with E-state index in [1.165, 1.54) is 12.3 Å². The van der Waals surface area contributed by atoms with Crippen molar-refractivity contribution in [3.8, 4) is 5.75 Å². The molecule has 1 aromatic carbocycles. The summed E-state index contributed by atoms with van der Waals surface area (Å²) in [5.41, 5.74) is 0.946. The lowest BCUT2D eigenvalue weighted by Crippen LogP contribution is -2.13. The molecular weight excluding hydrogens is 202 g/mol. The third-order valence-corrected chi connectivity index (χ3v) is 2.42. The summed E-state index contributed by atoms with van der Waals surface area (Å²) in [5.74, 6) is 0.641. The van der Waals surface area contributed by atoms with Crippen molar-refractivity contribution in [3.05, 3.63) is 42.1 Å². The number of nitrogens with zero attached hydrogens (tertiary/aromatic N) is 1. The van der Waals surface area contributed by atoms with Gasteiger partial charge in [0.2, 0.25) is 0 Å². The van der Waals surface area contributed by atoms with Crippen LogP contribution in [0.2, 0.25) is 0 Å². The zero-order chi connectivity index (χ0) is 11.4. The number of benzene rings is 1. The molecule has 16 heavy (non-hydrogen) atoms. The number of carbonyl (C=O) groups excluding carboxylic acids is 1. The first-order valence-electron chi connectivity index (χ1n) is 5.27. The van der Waals surface area contributed by atoms with Crippen LogP contribution in [0.4, 0.5) is 0 Å². The molecule has 1 aliphatic rings. The molecule has 0 bridgehead atoms. The van der Waals surface area contributed by atoms with Gasteiger partial charge in [-0.3, -0.25) is 9.79 Å². The summed E-state index contributed by atoms with van der Waals surface area (Å²) in [4.78, 5) is 15.6. The summed E-state index contributed by atoms with van der Waals surface area (Å²) >= 11 is 0. The maximum atomic E-state index is 11.6. The van der Waals surface area contributed by atoms with Crippen LogP contribution < -0.4 is 4.74 Å². The second-order valence-electron chi connectivity index (χ2n) is 3.50. The number of rotatable bonds is 3. The zero-order valence-electron chi connectivity index (χ0n) is 9.09. The average Bonchev–Trinajstić information content (AvgIpc) is 2.31. The Morgan fingerprint density at radius 2 is 2.06 bits per heavy atom. The summed E-state index contributed by atoms with van der Waals surface area (Å²) in [6.45, 7) is 2.59. The highest BCUT2D eigenvalue weighted by Gasteiger charge is 2.17. The van der Waals surface area contributed by atoms with Crippen molar-refractivity contribution in [2.24, 2.45) is 4.99 Å². The Hall–Kier alpha value is -1.90. The van der Waals surface area contributed by atoms with E-state index in [2.05, 4.69) is 4.99 Å². The van der Waals surface area contributed by atoms with E-state index in [0.29, 0.717) is 6.61 Å². The fraction of sp³-hybridized carbons (Fsp3) is 0.231. The van der Waals surface area contributed by atoms with Gasteiger partial charge < -0.3 is 4.74 Å². The van der Waals surface area contributed by atoms with Crippen LogP contribution in [0.25, 0.3) is 0 Å². The van der Waals surface area contributed by atoms with Crippen molar-refractivity contribution in [2.45, 2.75) is 12.8 Å². The number of allylic oxidation sites excluding steroid dienone is 1. The van der Waals surface area contributed by atoms with Gasteiger partial charge in [0.05, 0.1) is 12.5 Å². The molecule has 2 rings (SSSR count). The smallest absolute Gasteiger partial charge is 0.170 e. The molecule has 0 aromatic heterocycles. The van der Waals surface area contributed by atoms with Gasteiger partial charge in [0.15, 0.2) is 5.78 Å². The highest BCUT2D eigenvalue weighted by Crippen LogP contribution is 2.21. The lowest BCUT2D eigenvalue weighted by atomic mass is 9.95. The summed E-state index contributed by atoms with van der Waals surface area (Å²) in [7, 11) is 0. The molecule has 0 saturated carbocycles. The Morgan fingerprint density at radius 3 is 2.69 bits per heavy atom. The lowest BCUT2D eigenvalue weighted by Gasteiger charge is -2.12. The fourth-order valence-corrected chi connectivity index (χ4v) is 1.62. The molecule has 0 radical (unpaired) electrons. The second kappa shape index (κ2) is 4.75. The molecule has 1 unspecified atom stereocenters. The predicted molar refractivity (Wildman–Crippen MR) is 63.0 cm³/mol. The van der Waals surface area contributed by atoms with Crippen molar-refractivity contribution in [1.82, 2.24) is 0 Å². The minimum atomic E-state index is -0.249. The standard InChI is InChI=1S/C13H13NO2/c1-2-16-11-5-3-10(4-6-11)12-9-14-8-7-13(12)15/h3-9,12H,2H2,1H3. The predicted octanol–water partition coefficient (Wildman–Crippen LogP) is 2.34. The molecule has 3 nitrogen and oxygen atoms in total. The molecule has 0 amide bonds. The van der Waals surface area contributed by atoms with E-state index in [1.807, 2.05) is 31.2 Å². The second-order valence-corrected chi connectivity index (χ2v) is 3.50. The minimum Gasteiger partial charge on any atom is -0.494 e. The van der Waals surface area contributed by atoms with Gasteiger partial charge >= 0.3 is 0 Å². The van der Waals surface area contributed by atoms with E-state index in [-0.39, 0.29) is 11.7 Å². The maximum Gasteiger partial charge on any atom is 0.170 e. The quantitative estimate of drug-likeness (QED) is 0.776. The first-order valence-corrected chi connectivity index (χ1v) is 5.27. The van der Waals surface area contributed by atoms with Crippen molar-refractivity contribution in [1.29, 1.82) is 0 Å². The largest absolute Gasteiger partial charge is 0.494 e. The van der Waals surface area contributed by atoms with Gasteiger partial charge in [0.25, 0.3) is 0 Å². The van der Waals surface area contributed by atoms with E-state index in [9.17, 15) is 4.79 Å². The molecule has 82 valence electrons. The van der Waals surface area contributed by atoms with E-state index >= 15 is 0 Å². The van der Waals surface area contributed by atoms with Crippen LogP contribution in [0.1, 0.15) is 18.4 Å². The van der Waals surface area contributed by atoms with Crippen molar-refractivity contribution in [2.75, 3.05) is 6.61 Å². The Bertz CT molecular complexity index is 432. The van der Waals surface area contributed by atoms with Gasteiger partial charge in [0, 0.05) is 18.5 Å². The number of ether oxygens (including phenoxy) is 1. The fourth-order valence-electron chi connectivity index (χ4n) is 1.62. The Morgan fingerprint density at radius 1 is 1.31 bits per heavy atom. The molecule has 0 saturated heterocycles. The molecular formula is C13H13NO2. The SMILES string of the molecule is CCOc1ccc(C2C=NC=CC2=O)cc1. The van der Waals surface area contributed by atoms with E-state index in [0.717, 1.165) is 11.3 Å². The lowest BCUT2D eigenvalue weighted by molar-refractivity contribution is -0.114. The Labute approximate surface area is 94.5 Å². The number of hydrogen-bond acceptors (Lipinski definition) is 3. The first kappa shape index (κ1) is 10.6. The molecule has 3 heteroatoms. The van der Waals surface area contributed by atoms with Crippen LogP contribution in [0.5, 0.6) is 5.75 Å². The minimum absolute atomic E-state index is 0.0687. The van der Waals surface area contributed by atoms with Crippen LogP contribution in [-0.2, 0) is 4.79 Å². The number of ketones is 1. The van der Waals surface area contributed by atoms with Gasteiger partial charge in [-0.15, -0.1) is 0 Å². The third kappa shape index (κ3) is 2.19. The molecule has 1 atom stereocenters. The first-order chi connectivity index (χ1) is 7.81. The maximum absolute atomic E-state index is 11.6. The molecule has 0 fully saturated rings. The summed E-state index contributed by atoms with van der Waals surface area (Å²) in [6, 6.07) is 7.55. The average molecular weight is 215 g/mol. The van der Waals surface area contributed by atoms with E-state index in [4.69, 9.17) is 4.74 Å². The normalized spacial score (nSPS) is 18.8. The summed E-state index contributed by atoms with van der Waals surface area (Å²) in [5, 5.41) is 0. The van der Waals surface area contributed by atoms with Gasteiger partial charge in [-0.2, -0.15) is 0 Å². The van der Waals surface area contributed by atoms with Crippen LogP contribution in [0.15, 0.2) is 41.5 Å². The molecule has 1 aromatic rings. The van der Waals surface area contributed by atoms with Gasteiger partial charge in [-0.1, -0.05) is 12.1 Å². The highest BCUT2D eigenvalue weighted by atomic mass is 16.5. The number of carbonyl (C=O) groups is 1. The van der Waals surface area contributed by atoms with E-state index < -0.39 is 0 Å². The summed E-state index contributed by atoms with van der Waals surface area (Å²) < 4.78 is 5.34. The summed E-state index contributed by atoms with van der Waals surface area (Å²) in [6.07, 6.45) is 4.69. The molecule has 1 heterocycles. The monoisotopic (exact) mass is 215 g/mol. The van der Waals surface area contributed by atoms with Crippen molar-refractivity contribution >= 4 is 12.0 Å². The third-order valence-electron chi connectivity index (χ3n) is 2.42. The van der Waals surface area contributed by atoms with Gasteiger partial charge in [0.1, 0.15) is 5.75 Å². The Balaban J connectivity index is 2.18. The molecule has 0 N–H and O–H groups in total. The topological polar surface area (TPSA) is 38.7 Å². The molecule has 0 spiro atoms. The van der Waals surface area contributed by atoms with Crippen LogP contribution in [-0.4, -0.2) is 18.6 Å². The molecule has 1 aliphatic heterocycles. The molecule has 0 aliphatic carbocycles. The van der Waals surface area contributed by atoms with Gasteiger partial charge in [-0.25, -0.2) is 0 Å². The Kier molecular flexibility index (Phi) is 3.15.